The van der Waals surface area contributed by atoms with Crippen LogP contribution >= 0.6 is 0 Å². The number of benzene rings is 2. The van der Waals surface area contributed by atoms with E-state index in [0.29, 0.717) is 12.1 Å². The summed E-state index contributed by atoms with van der Waals surface area (Å²) in [7, 11) is 0. The first-order valence-corrected chi connectivity index (χ1v) is 8.50. The maximum atomic E-state index is 12.1. The first-order chi connectivity index (χ1) is 12.1. The van der Waals surface area contributed by atoms with Crippen molar-refractivity contribution in [3.8, 4) is 0 Å². The fourth-order valence-electron chi connectivity index (χ4n) is 3.03. The number of non-ortho nitro benzene ring substituents is 1. The lowest BCUT2D eigenvalue weighted by Crippen LogP contribution is -2.25. The van der Waals surface area contributed by atoms with Gasteiger partial charge in [-0.25, -0.2) is 0 Å². The topological polar surface area (TPSA) is 75.5 Å². The zero-order chi connectivity index (χ0) is 17.6. The quantitative estimate of drug-likeness (QED) is 0.648. The van der Waals surface area contributed by atoms with Gasteiger partial charge >= 0.3 is 0 Å². The predicted molar refractivity (Wildman–Crippen MR) is 97.0 cm³/mol. The maximum Gasteiger partial charge on any atom is 0.270 e. The van der Waals surface area contributed by atoms with Gasteiger partial charge in [-0.15, -0.1) is 0 Å². The van der Waals surface area contributed by atoms with Gasteiger partial charge < -0.3 is 10.2 Å². The van der Waals surface area contributed by atoms with Crippen LogP contribution in [0.5, 0.6) is 0 Å². The van der Waals surface area contributed by atoms with Crippen LogP contribution in [-0.2, 0) is 6.42 Å². The van der Waals surface area contributed by atoms with E-state index in [-0.39, 0.29) is 11.6 Å². The Morgan fingerprint density at radius 2 is 1.84 bits per heavy atom. The summed E-state index contributed by atoms with van der Waals surface area (Å²) in [5.74, 6) is -0.294. The number of nitro groups is 1. The molecule has 3 rings (SSSR count). The third-order valence-electron chi connectivity index (χ3n) is 4.43. The summed E-state index contributed by atoms with van der Waals surface area (Å²) in [4.78, 5) is 24.7. The number of carbonyl (C=O) groups is 1. The Balaban J connectivity index is 1.51. The van der Waals surface area contributed by atoms with Crippen LogP contribution in [0, 0.1) is 10.1 Å². The molecular weight excluding hydrogens is 318 g/mol. The SMILES string of the molecule is O=C(NCCc1ccc(N2CCCC2)cc1)c1cccc([N+](=O)[O-])c1. The molecule has 0 atom stereocenters. The van der Waals surface area contributed by atoms with Crippen molar-refractivity contribution in [1.29, 1.82) is 0 Å². The average molecular weight is 339 g/mol. The third-order valence-corrected chi connectivity index (χ3v) is 4.43. The lowest BCUT2D eigenvalue weighted by atomic mass is 10.1. The number of nitrogens with zero attached hydrogens (tertiary/aromatic N) is 2. The number of anilines is 1. The molecule has 6 nitrogen and oxygen atoms in total. The first-order valence-electron chi connectivity index (χ1n) is 8.50. The highest BCUT2D eigenvalue weighted by Crippen LogP contribution is 2.20. The van der Waals surface area contributed by atoms with Gasteiger partial charge in [0.25, 0.3) is 11.6 Å². The summed E-state index contributed by atoms with van der Waals surface area (Å²) >= 11 is 0. The van der Waals surface area contributed by atoms with E-state index in [4.69, 9.17) is 0 Å². The fourth-order valence-corrected chi connectivity index (χ4v) is 3.03. The molecule has 0 unspecified atom stereocenters. The molecule has 130 valence electrons. The molecular formula is C19H21N3O3. The van der Waals surface area contributed by atoms with E-state index in [1.165, 1.54) is 36.7 Å². The molecule has 25 heavy (non-hydrogen) atoms. The molecule has 0 spiro atoms. The van der Waals surface area contributed by atoms with E-state index >= 15 is 0 Å². The third kappa shape index (κ3) is 4.35. The standard InChI is InChI=1S/C19H21N3O3/c23-19(16-4-3-5-18(14-16)22(24)25)20-11-10-15-6-8-17(9-7-15)21-12-1-2-13-21/h3-9,14H,1-2,10-13H2,(H,20,23). The molecule has 2 aromatic carbocycles. The Labute approximate surface area is 146 Å². The molecule has 1 aliphatic heterocycles. The van der Waals surface area contributed by atoms with E-state index in [1.807, 2.05) is 0 Å². The minimum Gasteiger partial charge on any atom is -0.372 e. The van der Waals surface area contributed by atoms with E-state index in [0.717, 1.165) is 25.1 Å². The zero-order valence-corrected chi connectivity index (χ0v) is 14.0. The molecule has 6 heteroatoms. The van der Waals surface area contributed by atoms with Crippen LogP contribution in [0.15, 0.2) is 48.5 Å². The summed E-state index contributed by atoms with van der Waals surface area (Å²) in [5.41, 5.74) is 2.63. The molecule has 0 aliphatic carbocycles. The molecule has 1 heterocycles. The Kier molecular flexibility index (Phi) is 5.28. The van der Waals surface area contributed by atoms with Gasteiger partial charge in [0.1, 0.15) is 0 Å². The lowest BCUT2D eigenvalue weighted by molar-refractivity contribution is -0.384. The van der Waals surface area contributed by atoms with Crippen LogP contribution in [0.3, 0.4) is 0 Å². The van der Waals surface area contributed by atoms with Crippen molar-refractivity contribution in [2.75, 3.05) is 24.5 Å². The van der Waals surface area contributed by atoms with Gasteiger partial charge in [0, 0.05) is 43.0 Å². The number of carbonyl (C=O) groups excluding carboxylic acids is 1. The van der Waals surface area contributed by atoms with Crippen LogP contribution in [0.25, 0.3) is 0 Å². The lowest BCUT2D eigenvalue weighted by Gasteiger charge is -2.17. The molecule has 2 aromatic rings. The molecule has 1 aliphatic rings. The summed E-state index contributed by atoms with van der Waals surface area (Å²) in [6.45, 7) is 2.74. The fraction of sp³-hybridized carbons (Fsp3) is 0.316. The predicted octanol–water partition coefficient (Wildman–Crippen LogP) is 3.17. The monoisotopic (exact) mass is 339 g/mol. The summed E-state index contributed by atoms with van der Waals surface area (Å²) in [6.07, 6.45) is 3.23. The zero-order valence-electron chi connectivity index (χ0n) is 14.0. The second-order valence-electron chi connectivity index (χ2n) is 6.17. The van der Waals surface area contributed by atoms with Crippen molar-refractivity contribution in [3.63, 3.8) is 0 Å². The Morgan fingerprint density at radius 3 is 2.52 bits per heavy atom. The average Bonchev–Trinajstić information content (AvgIpc) is 3.17. The number of amides is 1. The molecule has 0 aromatic heterocycles. The van der Waals surface area contributed by atoms with Crippen molar-refractivity contribution in [1.82, 2.24) is 5.32 Å². The van der Waals surface area contributed by atoms with Gasteiger partial charge in [-0.05, 0) is 43.0 Å². The van der Waals surface area contributed by atoms with Crippen molar-refractivity contribution >= 4 is 17.3 Å². The molecule has 1 N–H and O–H groups in total. The van der Waals surface area contributed by atoms with Crippen molar-refractivity contribution < 1.29 is 9.72 Å². The minimum absolute atomic E-state index is 0.0786. The van der Waals surface area contributed by atoms with E-state index in [1.54, 1.807) is 6.07 Å². The normalized spacial score (nSPS) is 13.7. The van der Waals surface area contributed by atoms with E-state index in [9.17, 15) is 14.9 Å². The highest BCUT2D eigenvalue weighted by molar-refractivity contribution is 5.94. The summed E-state index contributed by atoms with van der Waals surface area (Å²) in [6, 6.07) is 14.2. The minimum atomic E-state index is -0.501. The smallest absolute Gasteiger partial charge is 0.270 e. The number of hydrogen-bond acceptors (Lipinski definition) is 4. The van der Waals surface area contributed by atoms with Gasteiger partial charge in [-0.2, -0.15) is 0 Å². The van der Waals surface area contributed by atoms with Gasteiger partial charge in [-0.1, -0.05) is 18.2 Å². The molecule has 0 radical (unpaired) electrons. The molecule has 1 amide bonds. The number of nitro benzene ring substituents is 1. The van der Waals surface area contributed by atoms with Gasteiger partial charge in [0.05, 0.1) is 4.92 Å². The highest BCUT2D eigenvalue weighted by Gasteiger charge is 2.12. The Hall–Kier alpha value is -2.89. The van der Waals surface area contributed by atoms with E-state index in [2.05, 4.69) is 34.5 Å². The van der Waals surface area contributed by atoms with Crippen LogP contribution < -0.4 is 10.2 Å². The number of nitrogens with one attached hydrogen (secondary N) is 1. The highest BCUT2D eigenvalue weighted by atomic mass is 16.6. The second-order valence-corrected chi connectivity index (χ2v) is 6.17. The number of hydrogen-bond donors (Lipinski definition) is 1. The Bertz CT molecular complexity index is 753. The number of rotatable bonds is 6. The van der Waals surface area contributed by atoms with Gasteiger partial charge in [-0.3, -0.25) is 14.9 Å². The Morgan fingerprint density at radius 1 is 1.12 bits per heavy atom. The second kappa shape index (κ2) is 7.79. The molecule has 1 fully saturated rings. The summed E-state index contributed by atoms with van der Waals surface area (Å²) in [5, 5.41) is 13.6. The summed E-state index contributed by atoms with van der Waals surface area (Å²) < 4.78 is 0. The van der Waals surface area contributed by atoms with Gasteiger partial charge in [0.15, 0.2) is 0 Å². The van der Waals surface area contributed by atoms with Crippen molar-refractivity contribution in [2.45, 2.75) is 19.3 Å². The molecule has 0 saturated carbocycles. The van der Waals surface area contributed by atoms with Crippen LogP contribution in [0.4, 0.5) is 11.4 Å². The largest absolute Gasteiger partial charge is 0.372 e. The van der Waals surface area contributed by atoms with Crippen LogP contribution in [0.1, 0.15) is 28.8 Å². The molecule has 0 bridgehead atoms. The van der Waals surface area contributed by atoms with Crippen molar-refractivity contribution in [2.24, 2.45) is 0 Å². The van der Waals surface area contributed by atoms with Crippen LogP contribution in [0.2, 0.25) is 0 Å². The van der Waals surface area contributed by atoms with E-state index < -0.39 is 4.92 Å². The van der Waals surface area contributed by atoms with Gasteiger partial charge in [0.2, 0.25) is 0 Å². The molecule has 1 saturated heterocycles. The first kappa shape index (κ1) is 17.0. The van der Waals surface area contributed by atoms with Crippen LogP contribution in [-0.4, -0.2) is 30.5 Å². The maximum absolute atomic E-state index is 12.1. The van der Waals surface area contributed by atoms with Crippen molar-refractivity contribution in [3.05, 3.63) is 69.8 Å².